The monoisotopic (exact) mass is 200 g/mol. The third-order valence-corrected chi connectivity index (χ3v) is 2.12. The van der Waals surface area contributed by atoms with Gasteiger partial charge in [-0.2, -0.15) is 10.2 Å². The van der Waals surface area contributed by atoms with Crippen LogP contribution in [0, 0.1) is 0 Å². The summed E-state index contributed by atoms with van der Waals surface area (Å²) in [5.41, 5.74) is -1.15. The van der Waals surface area contributed by atoms with E-state index in [-0.39, 0.29) is 6.42 Å². The summed E-state index contributed by atoms with van der Waals surface area (Å²) in [5, 5.41) is 7.49. The van der Waals surface area contributed by atoms with Crippen molar-refractivity contribution in [1.29, 1.82) is 0 Å². The summed E-state index contributed by atoms with van der Waals surface area (Å²) >= 11 is 0. The molecule has 1 rings (SSSR count). The molecule has 0 amide bonds. The summed E-state index contributed by atoms with van der Waals surface area (Å²) < 4.78 is 9.07. The lowest BCUT2D eigenvalue weighted by Crippen LogP contribution is -2.38. The van der Waals surface area contributed by atoms with Crippen LogP contribution in [0.15, 0.2) is 10.2 Å². The van der Waals surface area contributed by atoms with Crippen molar-refractivity contribution in [2.75, 3.05) is 20.8 Å². The number of nitrogens with zero attached hydrogens (tertiary/aromatic N) is 2. The molecule has 1 heterocycles. The van der Waals surface area contributed by atoms with Crippen LogP contribution < -0.4 is 0 Å². The van der Waals surface area contributed by atoms with Gasteiger partial charge in [-0.25, -0.2) is 4.79 Å². The Kier molecular flexibility index (Phi) is 3.16. The smallest absolute Gasteiger partial charge is 0.336 e. The molecule has 0 saturated carbocycles. The van der Waals surface area contributed by atoms with E-state index in [1.54, 1.807) is 0 Å². The van der Waals surface area contributed by atoms with Crippen LogP contribution in [0.1, 0.15) is 12.8 Å². The third-order valence-electron chi connectivity index (χ3n) is 2.12. The number of hydrogen-bond donors (Lipinski definition) is 0. The minimum atomic E-state index is -1.15. The van der Waals surface area contributed by atoms with Crippen LogP contribution in [0.5, 0.6) is 0 Å². The summed E-state index contributed by atoms with van der Waals surface area (Å²) in [7, 11) is 2.52. The van der Waals surface area contributed by atoms with Crippen LogP contribution in [-0.2, 0) is 19.1 Å². The molecule has 0 unspecified atom stereocenters. The molecular weight excluding hydrogens is 188 g/mol. The Morgan fingerprint density at radius 2 is 2.07 bits per heavy atom. The molecule has 14 heavy (non-hydrogen) atoms. The van der Waals surface area contributed by atoms with Gasteiger partial charge in [-0.1, -0.05) is 0 Å². The van der Waals surface area contributed by atoms with Crippen LogP contribution in [0.3, 0.4) is 0 Å². The lowest BCUT2D eigenvalue weighted by atomic mass is 9.93. The second kappa shape index (κ2) is 4.17. The highest BCUT2D eigenvalue weighted by molar-refractivity contribution is 5.87. The molecule has 1 atom stereocenters. The van der Waals surface area contributed by atoms with Crippen molar-refractivity contribution in [3.05, 3.63) is 0 Å². The van der Waals surface area contributed by atoms with E-state index in [1.165, 1.54) is 14.2 Å². The Bertz CT molecular complexity index is 277. The van der Waals surface area contributed by atoms with Crippen LogP contribution in [-0.4, -0.2) is 38.2 Å². The number of rotatable bonds is 3. The van der Waals surface area contributed by atoms with Gasteiger partial charge in [0.25, 0.3) is 0 Å². The van der Waals surface area contributed by atoms with Gasteiger partial charge in [-0.05, 0) is 0 Å². The van der Waals surface area contributed by atoms with Gasteiger partial charge in [0.15, 0.2) is 5.54 Å². The van der Waals surface area contributed by atoms with Gasteiger partial charge in [0.1, 0.15) is 0 Å². The number of hydrogen-bond acceptors (Lipinski definition) is 6. The fourth-order valence-corrected chi connectivity index (χ4v) is 1.31. The third kappa shape index (κ3) is 1.89. The number of carbonyl (C=O) groups excluding carboxylic acids is 2. The Morgan fingerprint density at radius 1 is 1.36 bits per heavy atom. The largest absolute Gasteiger partial charge is 0.469 e. The Hall–Kier alpha value is -1.46. The highest BCUT2D eigenvalue weighted by atomic mass is 16.5. The van der Waals surface area contributed by atoms with Gasteiger partial charge in [0.2, 0.25) is 0 Å². The van der Waals surface area contributed by atoms with E-state index in [0.717, 1.165) is 0 Å². The molecule has 0 aromatic carbocycles. The average molecular weight is 200 g/mol. The topological polar surface area (TPSA) is 77.3 Å². The molecule has 6 nitrogen and oxygen atoms in total. The summed E-state index contributed by atoms with van der Waals surface area (Å²) in [6, 6.07) is 0. The SMILES string of the molecule is COC(=O)C[C@]1(C(=O)OC)CCN=N1. The van der Waals surface area contributed by atoms with Crippen molar-refractivity contribution in [3.63, 3.8) is 0 Å². The van der Waals surface area contributed by atoms with Gasteiger partial charge < -0.3 is 9.47 Å². The molecule has 1 aliphatic heterocycles. The van der Waals surface area contributed by atoms with Crippen molar-refractivity contribution in [3.8, 4) is 0 Å². The quantitative estimate of drug-likeness (QED) is 0.614. The first-order chi connectivity index (χ1) is 6.64. The lowest BCUT2D eigenvalue weighted by Gasteiger charge is -2.19. The number of methoxy groups -OCH3 is 2. The van der Waals surface area contributed by atoms with E-state index in [0.29, 0.717) is 13.0 Å². The minimum Gasteiger partial charge on any atom is -0.469 e. The molecule has 0 aliphatic carbocycles. The minimum absolute atomic E-state index is 0.111. The zero-order chi connectivity index (χ0) is 10.6. The molecule has 0 spiro atoms. The van der Waals surface area contributed by atoms with E-state index < -0.39 is 17.5 Å². The average Bonchev–Trinajstić information content (AvgIpc) is 2.66. The molecule has 0 aromatic heterocycles. The summed E-state index contributed by atoms with van der Waals surface area (Å²) in [6.07, 6.45) is 0.286. The van der Waals surface area contributed by atoms with Crippen LogP contribution in [0.4, 0.5) is 0 Å². The molecule has 0 radical (unpaired) electrons. The lowest BCUT2D eigenvalue weighted by molar-refractivity contribution is -0.153. The predicted molar refractivity (Wildman–Crippen MR) is 45.7 cm³/mol. The molecule has 0 N–H and O–H groups in total. The van der Waals surface area contributed by atoms with Gasteiger partial charge >= 0.3 is 11.9 Å². The van der Waals surface area contributed by atoms with Crippen molar-refractivity contribution < 1.29 is 19.1 Å². The first-order valence-corrected chi connectivity index (χ1v) is 4.18. The van der Waals surface area contributed by atoms with Gasteiger partial charge in [0.05, 0.1) is 27.2 Å². The Morgan fingerprint density at radius 3 is 2.50 bits per heavy atom. The van der Waals surface area contributed by atoms with Crippen molar-refractivity contribution in [1.82, 2.24) is 0 Å². The normalized spacial score (nSPS) is 24.7. The molecule has 0 aromatic rings. The molecule has 1 aliphatic rings. The van der Waals surface area contributed by atoms with Crippen LogP contribution in [0.2, 0.25) is 0 Å². The van der Waals surface area contributed by atoms with E-state index >= 15 is 0 Å². The number of azo groups is 1. The van der Waals surface area contributed by atoms with Crippen LogP contribution in [0.25, 0.3) is 0 Å². The maximum absolute atomic E-state index is 11.4. The first kappa shape index (κ1) is 10.6. The first-order valence-electron chi connectivity index (χ1n) is 4.18. The van der Waals surface area contributed by atoms with E-state index in [9.17, 15) is 9.59 Å². The van der Waals surface area contributed by atoms with Crippen molar-refractivity contribution in [2.45, 2.75) is 18.4 Å². The van der Waals surface area contributed by atoms with Crippen molar-refractivity contribution in [2.24, 2.45) is 10.2 Å². The van der Waals surface area contributed by atoms with Crippen molar-refractivity contribution >= 4 is 11.9 Å². The zero-order valence-electron chi connectivity index (χ0n) is 8.15. The van der Waals surface area contributed by atoms with E-state index in [4.69, 9.17) is 0 Å². The Balaban J connectivity index is 2.77. The fraction of sp³-hybridized carbons (Fsp3) is 0.750. The summed E-state index contributed by atoms with van der Waals surface area (Å²) in [4.78, 5) is 22.5. The molecule has 6 heteroatoms. The molecular formula is C8H12N2O4. The molecule has 0 saturated heterocycles. The number of carbonyl (C=O) groups is 2. The summed E-state index contributed by atoms with van der Waals surface area (Å²) in [5.74, 6) is -1.03. The van der Waals surface area contributed by atoms with Gasteiger partial charge in [-0.3, -0.25) is 4.79 Å². The molecule has 78 valence electrons. The van der Waals surface area contributed by atoms with Gasteiger partial charge in [0, 0.05) is 6.42 Å². The second-order valence-corrected chi connectivity index (χ2v) is 2.99. The predicted octanol–water partition coefficient (Wildman–Crippen LogP) is 0.317. The maximum Gasteiger partial charge on any atom is 0.336 e. The van der Waals surface area contributed by atoms with Crippen LogP contribution >= 0.6 is 0 Å². The van der Waals surface area contributed by atoms with Gasteiger partial charge in [-0.15, -0.1) is 0 Å². The number of esters is 2. The standard InChI is InChI=1S/C8H12N2O4/c1-13-6(11)5-8(7(12)14-2)3-4-9-10-8/h3-5H2,1-2H3/t8-/m0/s1. The van der Waals surface area contributed by atoms with E-state index in [1.807, 2.05) is 0 Å². The summed E-state index contributed by atoms with van der Waals surface area (Å²) in [6.45, 7) is 0.437. The maximum atomic E-state index is 11.4. The molecule has 0 bridgehead atoms. The Labute approximate surface area is 81.3 Å². The van der Waals surface area contributed by atoms with E-state index in [2.05, 4.69) is 19.7 Å². The highest BCUT2D eigenvalue weighted by Crippen LogP contribution is 2.28. The second-order valence-electron chi connectivity index (χ2n) is 2.99. The fourth-order valence-electron chi connectivity index (χ4n) is 1.31. The zero-order valence-corrected chi connectivity index (χ0v) is 8.15. The molecule has 0 fully saturated rings. The number of ether oxygens (including phenoxy) is 2. The highest BCUT2D eigenvalue weighted by Gasteiger charge is 2.44.